The van der Waals surface area contributed by atoms with E-state index in [1.807, 2.05) is 11.8 Å². The summed E-state index contributed by atoms with van der Waals surface area (Å²) in [7, 11) is 0. The van der Waals surface area contributed by atoms with Gasteiger partial charge in [0.15, 0.2) is 0 Å². The summed E-state index contributed by atoms with van der Waals surface area (Å²) in [6, 6.07) is 0.489. The first kappa shape index (κ1) is 14.1. The Kier molecular flexibility index (Phi) is 4.97. The molecule has 104 valence electrons. The molecule has 0 spiro atoms. The van der Waals surface area contributed by atoms with Crippen LogP contribution in [0.3, 0.4) is 0 Å². The molecule has 0 aromatic carbocycles. The first-order valence-corrected chi connectivity index (χ1v) is 7.64. The lowest BCUT2D eigenvalue weighted by molar-refractivity contribution is -0.120. The zero-order valence-corrected chi connectivity index (χ0v) is 11.6. The first-order valence-electron chi connectivity index (χ1n) is 6.59. The number of hydrogen-bond donors (Lipinski definition) is 3. The third-order valence-electron chi connectivity index (χ3n) is 3.47. The SMILES string of the molecule is C#CCNC(=O)CCCC[C@@H]1SC[C@H]2NC(=O)N[C@@H]12. The molecule has 0 aromatic rings. The number of fused-ring (bicyclic) bond motifs is 1. The number of urea groups is 1. The number of nitrogens with one attached hydrogen (secondary N) is 3. The number of carbonyl (C=O) groups excluding carboxylic acids is 2. The van der Waals surface area contributed by atoms with Crippen molar-refractivity contribution in [2.45, 2.75) is 43.0 Å². The van der Waals surface area contributed by atoms with Crippen molar-refractivity contribution in [2.24, 2.45) is 0 Å². The third kappa shape index (κ3) is 3.80. The van der Waals surface area contributed by atoms with Crippen LogP contribution in [-0.2, 0) is 4.79 Å². The zero-order chi connectivity index (χ0) is 13.7. The van der Waals surface area contributed by atoms with Crippen molar-refractivity contribution >= 4 is 23.7 Å². The number of thioether (sulfide) groups is 1. The molecule has 0 radical (unpaired) electrons. The van der Waals surface area contributed by atoms with Gasteiger partial charge in [0.05, 0.1) is 18.6 Å². The van der Waals surface area contributed by atoms with Crippen LogP contribution in [0.4, 0.5) is 4.79 Å². The topological polar surface area (TPSA) is 70.2 Å². The van der Waals surface area contributed by atoms with Gasteiger partial charge in [-0.3, -0.25) is 4.79 Å². The van der Waals surface area contributed by atoms with Gasteiger partial charge in [0.1, 0.15) is 0 Å². The van der Waals surface area contributed by atoms with Gasteiger partial charge in [0.2, 0.25) is 5.91 Å². The Morgan fingerprint density at radius 1 is 1.47 bits per heavy atom. The van der Waals surface area contributed by atoms with Crippen LogP contribution in [0.15, 0.2) is 0 Å². The van der Waals surface area contributed by atoms with Crippen molar-refractivity contribution in [3.63, 3.8) is 0 Å². The summed E-state index contributed by atoms with van der Waals surface area (Å²) in [6.45, 7) is 0.304. The molecule has 0 unspecified atom stereocenters. The fourth-order valence-electron chi connectivity index (χ4n) is 2.51. The van der Waals surface area contributed by atoms with Gasteiger partial charge in [-0.25, -0.2) is 4.79 Å². The number of terminal acetylenes is 1. The summed E-state index contributed by atoms with van der Waals surface area (Å²) < 4.78 is 0. The molecule has 19 heavy (non-hydrogen) atoms. The smallest absolute Gasteiger partial charge is 0.315 e. The van der Waals surface area contributed by atoms with E-state index in [1.165, 1.54) is 0 Å². The van der Waals surface area contributed by atoms with Gasteiger partial charge in [-0.2, -0.15) is 11.8 Å². The normalized spacial score (nSPS) is 28.2. The molecule has 0 bridgehead atoms. The van der Waals surface area contributed by atoms with E-state index in [-0.39, 0.29) is 24.0 Å². The first-order chi connectivity index (χ1) is 9.20. The molecule has 0 aliphatic carbocycles. The number of hydrogen-bond acceptors (Lipinski definition) is 3. The van der Waals surface area contributed by atoms with E-state index in [2.05, 4.69) is 21.9 Å². The summed E-state index contributed by atoms with van der Waals surface area (Å²) in [6.07, 6.45) is 8.50. The molecule has 3 atom stereocenters. The van der Waals surface area contributed by atoms with Gasteiger partial charge in [-0.1, -0.05) is 12.3 Å². The van der Waals surface area contributed by atoms with Crippen LogP contribution in [0.5, 0.6) is 0 Å². The van der Waals surface area contributed by atoms with Crippen LogP contribution >= 0.6 is 11.8 Å². The summed E-state index contributed by atoms with van der Waals surface area (Å²) in [5.74, 6) is 3.38. The summed E-state index contributed by atoms with van der Waals surface area (Å²) >= 11 is 1.90. The molecule has 2 fully saturated rings. The molecule has 6 heteroatoms. The van der Waals surface area contributed by atoms with E-state index < -0.39 is 0 Å². The molecular weight excluding hydrogens is 262 g/mol. The van der Waals surface area contributed by atoms with Gasteiger partial charge in [-0.05, 0) is 12.8 Å². The Morgan fingerprint density at radius 3 is 3.11 bits per heavy atom. The third-order valence-corrected chi connectivity index (χ3v) is 4.98. The van der Waals surface area contributed by atoms with Gasteiger partial charge in [0.25, 0.3) is 0 Å². The minimum Gasteiger partial charge on any atom is -0.345 e. The number of rotatable bonds is 6. The van der Waals surface area contributed by atoms with E-state index in [0.717, 1.165) is 25.0 Å². The highest BCUT2D eigenvalue weighted by atomic mass is 32.2. The lowest BCUT2D eigenvalue weighted by Gasteiger charge is -2.16. The Labute approximate surface area is 117 Å². The molecule has 3 N–H and O–H groups in total. The van der Waals surface area contributed by atoms with E-state index in [1.54, 1.807) is 0 Å². The van der Waals surface area contributed by atoms with Crippen molar-refractivity contribution in [3.05, 3.63) is 0 Å². The van der Waals surface area contributed by atoms with Crippen molar-refractivity contribution in [3.8, 4) is 12.3 Å². The maximum Gasteiger partial charge on any atom is 0.315 e. The molecular formula is C13H19N3O2S. The minimum absolute atomic E-state index is 0.0192. The average molecular weight is 281 g/mol. The molecule has 0 aromatic heterocycles. The summed E-state index contributed by atoms with van der Waals surface area (Å²) in [5.41, 5.74) is 0. The van der Waals surface area contributed by atoms with Crippen molar-refractivity contribution < 1.29 is 9.59 Å². The van der Waals surface area contributed by atoms with E-state index >= 15 is 0 Å². The van der Waals surface area contributed by atoms with Crippen molar-refractivity contribution in [1.29, 1.82) is 0 Å². The maximum atomic E-state index is 11.3. The van der Waals surface area contributed by atoms with Gasteiger partial charge >= 0.3 is 6.03 Å². The molecule has 2 rings (SSSR count). The number of amides is 3. The van der Waals surface area contributed by atoms with Gasteiger partial charge in [-0.15, -0.1) is 6.42 Å². The fourth-order valence-corrected chi connectivity index (χ4v) is 4.06. The highest BCUT2D eigenvalue weighted by Gasteiger charge is 2.42. The van der Waals surface area contributed by atoms with E-state index in [9.17, 15) is 9.59 Å². The molecule has 0 saturated carbocycles. The Bertz CT molecular complexity index is 394. The second-order valence-electron chi connectivity index (χ2n) is 4.85. The quantitative estimate of drug-likeness (QED) is 0.376. The van der Waals surface area contributed by atoms with Crippen LogP contribution < -0.4 is 16.0 Å². The monoisotopic (exact) mass is 281 g/mol. The largest absolute Gasteiger partial charge is 0.345 e. The Hall–Kier alpha value is -1.35. The Morgan fingerprint density at radius 2 is 2.32 bits per heavy atom. The van der Waals surface area contributed by atoms with Crippen molar-refractivity contribution in [1.82, 2.24) is 16.0 Å². The minimum atomic E-state index is -0.0473. The summed E-state index contributed by atoms with van der Waals surface area (Å²) in [4.78, 5) is 22.6. The van der Waals surface area contributed by atoms with Crippen LogP contribution in [0.2, 0.25) is 0 Å². The second kappa shape index (κ2) is 6.71. The number of carbonyl (C=O) groups is 2. The van der Waals surface area contributed by atoms with Crippen LogP contribution in [0, 0.1) is 12.3 Å². The van der Waals surface area contributed by atoms with Crippen LogP contribution in [0.1, 0.15) is 25.7 Å². The summed E-state index contributed by atoms with van der Waals surface area (Å²) in [5, 5.41) is 9.02. The van der Waals surface area contributed by atoms with Gasteiger partial charge in [0, 0.05) is 17.4 Å². The molecule has 2 aliphatic rings. The van der Waals surface area contributed by atoms with E-state index in [4.69, 9.17) is 6.42 Å². The molecule has 3 amide bonds. The lowest BCUT2D eigenvalue weighted by atomic mass is 10.0. The van der Waals surface area contributed by atoms with Gasteiger partial charge < -0.3 is 16.0 Å². The van der Waals surface area contributed by atoms with Crippen LogP contribution in [-0.4, -0.2) is 41.6 Å². The molecule has 2 saturated heterocycles. The van der Waals surface area contributed by atoms with Crippen LogP contribution in [0.25, 0.3) is 0 Å². The maximum absolute atomic E-state index is 11.3. The predicted octanol–water partition coefficient (Wildman–Crippen LogP) is 0.462. The predicted molar refractivity (Wildman–Crippen MR) is 75.8 cm³/mol. The van der Waals surface area contributed by atoms with Crippen molar-refractivity contribution in [2.75, 3.05) is 12.3 Å². The Balaban J connectivity index is 1.60. The lowest BCUT2D eigenvalue weighted by Crippen LogP contribution is -2.36. The van der Waals surface area contributed by atoms with E-state index in [0.29, 0.717) is 18.2 Å². The molecule has 2 heterocycles. The standard InChI is InChI=1S/C13H19N3O2S/c1-2-7-14-11(17)6-4-3-5-10-12-9(8-19-10)15-13(18)16-12/h1,9-10,12H,3-8H2,(H,14,17)(H2,15,16,18)/t9-,10+,12-/m1/s1. The highest BCUT2D eigenvalue weighted by molar-refractivity contribution is 8.00. The number of unbranched alkanes of at least 4 members (excludes halogenated alkanes) is 1. The highest BCUT2D eigenvalue weighted by Crippen LogP contribution is 2.33. The fraction of sp³-hybridized carbons (Fsp3) is 0.692. The zero-order valence-electron chi connectivity index (χ0n) is 10.8. The molecule has 2 aliphatic heterocycles. The molecule has 5 nitrogen and oxygen atoms in total. The average Bonchev–Trinajstić information content (AvgIpc) is 2.92. The second-order valence-corrected chi connectivity index (χ2v) is 6.12.